The highest BCUT2D eigenvalue weighted by Gasteiger charge is 2.13. The van der Waals surface area contributed by atoms with Gasteiger partial charge in [0.15, 0.2) is 0 Å². The summed E-state index contributed by atoms with van der Waals surface area (Å²) < 4.78 is 5.65. The number of nitrogens with one attached hydrogen (secondary N) is 1. The van der Waals surface area contributed by atoms with Gasteiger partial charge in [-0.3, -0.25) is 4.79 Å². The van der Waals surface area contributed by atoms with Crippen molar-refractivity contribution in [1.82, 2.24) is 0 Å². The second kappa shape index (κ2) is 8.68. The van der Waals surface area contributed by atoms with Gasteiger partial charge in [-0.25, -0.2) is 0 Å². The molecule has 2 aromatic carbocycles. The molecule has 0 unspecified atom stereocenters. The lowest BCUT2D eigenvalue weighted by Gasteiger charge is -2.07. The number of aromatic carboxylic acids is 1. The van der Waals surface area contributed by atoms with Gasteiger partial charge in [0.05, 0.1) is 5.97 Å². The molecule has 7 heteroatoms. The number of anilines is 1. The minimum absolute atomic E-state index is 0.0557. The molecule has 0 aliphatic carbocycles. The second-order valence-electron chi connectivity index (χ2n) is 6.61. The van der Waals surface area contributed by atoms with E-state index in [9.17, 15) is 20.0 Å². The zero-order chi connectivity index (χ0) is 21.8. The Hall–Kier alpha value is -3.82. The quantitative estimate of drug-likeness (QED) is 0.494. The van der Waals surface area contributed by atoms with Gasteiger partial charge in [-0.2, -0.15) is 5.26 Å². The van der Waals surface area contributed by atoms with Crippen molar-refractivity contribution >= 4 is 35.2 Å². The topological polar surface area (TPSA) is 106 Å². The molecule has 6 nitrogen and oxygen atoms in total. The number of hydrogen-bond donors (Lipinski definition) is 1. The molecule has 3 aromatic rings. The van der Waals surface area contributed by atoms with Crippen LogP contribution in [-0.2, 0) is 4.79 Å². The fraction of sp³-hybridized carbons (Fsp3) is 0.0870. The van der Waals surface area contributed by atoms with Gasteiger partial charge in [0.1, 0.15) is 23.2 Å². The Morgan fingerprint density at radius 2 is 1.87 bits per heavy atom. The van der Waals surface area contributed by atoms with E-state index in [1.54, 1.807) is 24.3 Å². The van der Waals surface area contributed by atoms with Crippen molar-refractivity contribution in [2.24, 2.45) is 0 Å². The maximum absolute atomic E-state index is 12.4. The largest absolute Gasteiger partial charge is 0.545 e. The lowest BCUT2D eigenvalue weighted by molar-refractivity contribution is -0.255. The van der Waals surface area contributed by atoms with Crippen molar-refractivity contribution in [1.29, 1.82) is 5.26 Å². The van der Waals surface area contributed by atoms with E-state index in [1.807, 2.05) is 32.0 Å². The average Bonchev–Trinajstić information content (AvgIpc) is 3.17. The van der Waals surface area contributed by atoms with Crippen molar-refractivity contribution in [3.05, 3.63) is 81.6 Å². The predicted octanol–water partition coefficient (Wildman–Crippen LogP) is 4.13. The van der Waals surface area contributed by atoms with Crippen LogP contribution in [-0.4, -0.2) is 11.9 Å². The second-order valence-corrected chi connectivity index (χ2v) is 7.01. The summed E-state index contributed by atoms with van der Waals surface area (Å²) in [7, 11) is 0. The zero-order valence-corrected chi connectivity index (χ0v) is 16.9. The van der Waals surface area contributed by atoms with Gasteiger partial charge < -0.3 is 19.6 Å². The number of aryl methyl sites for hydroxylation is 2. The number of halogens is 1. The Morgan fingerprint density at radius 3 is 2.53 bits per heavy atom. The van der Waals surface area contributed by atoms with Crippen LogP contribution >= 0.6 is 11.6 Å². The number of carboxylic acid groups (broad SMARTS) is 1. The number of nitrogens with zero attached hydrogens (tertiary/aromatic N) is 1. The van der Waals surface area contributed by atoms with Crippen LogP contribution in [0.5, 0.6) is 0 Å². The van der Waals surface area contributed by atoms with Crippen molar-refractivity contribution in [3.8, 4) is 17.4 Å². The van der Waals surface area contributed by atoms with Gasteiger partial charge in [-0.05, 0) is 67.4 Å². The van der Waals surface area contributed by atoms with Gasteiger partial charge in [0.2, 0.25) is 0 Å². The SMILES string of the molecule is Cc1ccc(NC(=O)C(C#N)=Cc2ccc(-c3ccc(Cl)c(C(=O)[O-])c3)o2)cc1C. The van der Waals surface area contributed by atoms with Crippen LogP contribution in [0, 0.1) is 25.2 Å². The minimum Gasteiger partial charge on any atom is -0.545 e. The van der Waals surface area contributed by atoms with E-state index in [0.717, 1.165) is 11.1 Å². The molecule has 150 valence electrons. The molecule has 1 amide bonds. The van der Waals surface area contributed by atoms with E-state index in [1.165, 1.54) is 18.2 Å². The predicted molar refractivity (Wildman–Crippen MR) is 112 cm³/mol. The lowest BCUT2D eigenvalue weighted by atomic mass is 10.1. The average molecular weight is 420 g/mol. The number of carbonyl (C=O) groups is 2. The summed E-state index contributed by atoms with van der Waals surface area (Å²) in [4.78, 5) is 23.6. The Morgan fingerprint density at radius 1 is 1.10 bits per heavy atom. The monoisotopic (exact) mass is 419 g/mol. The summed E-state index contributed by atoms with van der Waals surface area (Å²) in [6, 6.07) is 14.9. The first kappa shape index (κ1) is 20.9. The number of carbonyl (C=O) groups excluding carboxylic acids is 2. The summed E-state index contributed by atoms with van der Waals surface area (Å²) >= 11 is 5.85. The number of amides is 1. The molecular formula is C23H16ClN2O4-. The van der Waals surface area contributed by atoms with Crippen molar-refractivity contribution < 1.29 is 19.1 Å². The fourth-order valence-corrected chi connectivity index (χ4v) is 2.92. The summed E-state index contributed by atoms with van der Waals surface area (Å²) in [6.45, 7) is 3.89. The number of rotatable bonds is 5. The summed E-state index contributed by atoms with van der Waals surface area (Å²) in [6.07, 6.45) is 1.31. The molecule has 0 fully saturated rings. The standard InChI is InChI=1S/C23H17ClN2O4/c1-13-3-5-17(9-14(13)2)26-22(27)16(12-25)10-18-6-8-21(30-18)15-4-7-20(24)19(11-15)23(28)29/h3-11H,1-2H3,(H,26,27)(H,28,29)/p-1. The molecule has 1 aromatic heterocycles. The molecule has 0 atom stereocenters. The molecule has 0 aliphatic heterocycles. The third-order valence-electron chi connectivity index (χ3n) is 4.51. The van der Waals surface area contributed by atoms with Crippen LogP contribution in [0.2, 0.25) is 5.02 Å². The summed E-state index contributed by atoms with van der Waals surface area (Å²) in [5, 5.41) is 23.3. The van der Waals surface area contributed by atoms with E-state index in [-0.39, 0.29) is 21.9 Å². The number of hydrogen-bond acceptors (Lipinski definition) is 5. The highest BCUT2D eigenvalue weighted by atomic mass is 35.5. The third-order valence-corrected chi connectivity index (χ3v) is 4.84. The molecule has 1 N–H and O–H groups in total. The molecule has 1 heterocycles. The zero-order valence-electron chi connectivity index (χ0n) is 16.2. The third kappa shape index (κ3) is 4.59. The van der Waals surface area contributed by atoms with Crippen molar-refractivity contribution in [2.45, 2.75) is 13.8 Å². The molecule has 0 saturated heterocycles. The molecule has 0 aliphatic rings. The maximum Gasteiger partial charge on any atom is 0.266 e. The van der Waals surface area contributed by atoms with Gasteiger partial charge in [0, 0.05) is 27.9 Å². The van der Waals surface area contributed by atoms with Gasteiger partial charge in [0.25, 0.3) is 5.91 Å². The van der Waals surface area contributed by atoms with E-state index < -0.39 is 11.9 Å². The van der Waals surface area contributed by atoms with Crippen LogP contribution < -0.4 is 10.4 Å². The number of carboxylic acids is 1. The summed E-state index contributed by atoms with van der Waals surface area (Å²) in [5.41, 5.74) is 2.87. The van der Waals surface area contributed by atoms with Gasteiger partial charge >= 0.3 is 0 Å². The molecule has 30 heavy (non-hydrogen) atoms. The molecular weight excluding hydrogens is 404 g/mol. The Bertz CT molecular complexity index is 1220. The van der Waals surface area contributed by atoms with Gasteiger partial charge in [-0.15, -0.1) is 0 Å². The highest BCUT2D eigenvalue weighted by Crippen LogP contribution is 2.27. The van der Waals surface area contributed by atoms with Gasteiger partial charge in [-0.1, -0.05) is 17.7 Å². The molecule has 0 bridgehead atoms. The van der Waals surface area contributed by atoms with E-state index in [4.69, 9.17) is 16.0 Å². The fourth-order valence-electron chi connectivity index (χ4n) is 2.73. The minimum atomic E-state index is -1.40. The number of nitriles is 1. The number of furan rings is 1. The van der Waals surface area contributed by atoms with Crippen molar-refractivity contribution in [3.63, 3.8) is 0 Å². The van der Waals surface area contributed by atoms with Crippen LogP contribution in [0.25, 0.3) is 17.4 Å². The lowest BCUT2D eigenvalue weighted by Crippen LogP contribution is -2.22. The van der Waals surface area contributed by atoms with Crippen LogP contribution in [0.1, 0.15) is 27.2 Å². The Labute approximate surface area is 178 Å². The van der Waals surface area contributed by atoms with E-state index in [2.05, 4.69) is 5.32 Å². The van der Waals surface area contributed by atoms with E-state index in [0.29, 0.717) is 17.0 Å². The first-order valence-corrected chi connectivity index (χ1v) is 9.28. The first-order valence-electron chi connectivity index (χ1n) is 8.90. The van der Waals surface area contributed by atoms with Crippen LogP contribution in [0.3, 0.4) is 0 Å². The summed E-state index contributed by atoms with van der Waals surface area (Å²) in [5.74, 6) is -1.35. The first-order chi connectivity index (χ1) is 14.3. The van der Waals surface area contributed by atoms with Crippen molar-refractivity contribution in [2.75, 3.05) is 5.32 Å². The van der Waals surface area contributed by atoms with Crippen LogP contribution in [0.4, 0.5) is 5.69 Å². The van der Waals surface area contributed by atoms with Crippen LogP contribution in [0.15, 0.2) is 58.5 Å². The Balaban J connectivity index is 1.84. The smallest absolute Gasteiger partial charge is 0.266 e. The maximum atomic E-state index is 12.4. The Kier molecular flexibility index (Phi) is 6.05. The normalized spacial score (nSPS) is 11.1. The molecule has 0 radical (unpaired) electrons. The van der Waals surface area contributed by atoms with E-state index >= 15 is 0 Å². The molecule has 0 saturated carbocycles. The molecule has 3 rings (SSSR count). The molecule has 0 spiro atoms. The number of benzene rings is 2. The highest BCUT2D eigenvalue weighted by molar-refractivity contribution is 6.33.